The highest BCUT2D eigenvalue weighted by Gasteiger charge is 2.13. The third-order valence-corrected chi connectivity index (χ3v) is 2.61. The van der Waals surface area contributed by atoms with Crippen LogP contribution in [-0.2, 0) is 0 Å². The lowest BCUT2D eigenvalue weighted by Crippen LogP contribution is -2.19. The van der Waals surface area contributed by atoms with Gasteiger partial charge in [-0.25, -0.2) is 0 Å². The third kappa shape index (κ3) is 3.45. The maximum Gasteiger partial charge on any atom is 0.387 e. The topological polar surface area (TPSA) is 47.0 Å². The molecule has 1 aromatic heterocycles. The van der Waals surface area contributed by atoms with Gasteiger partial charge in [-0.3, -0.25) is 9.97 Å². The molecule has 1 N–H and O–H groups in total. The fourth-order valence-corrected chi connectivity index (χ4v) is 1.79. The molecule has 0 aliphatic heterocycles. The van der Waals surface area contributed by atoms with E-state index in [1.165, 1.54) is 12.1 Å². The lowest BCUT2D eigenvalue weighted by atomic mass is 10.0. The number of ether oxygens (including phenoxy) is 1. The Balaban J connectivity index is 2.20. The summed E-state index contributed by atoms with van der Waals surface area (Å²) >= 11 is 0. The normalized spacial score (nSPS) is 12.4. The molecule has 6 heteroatoms. The number of alkyl halides is 2. The van der Waals surface area contributed by atoms with Crippen molar-refractivity contribution in [3.8, 4) is 5.75 Å². The molecule has 1 aromatic carbocycles. The number of aromatic nitrogens is 2. The second-order valence-corrected chi connectivity index (χ2v) is 3.80. The minimum Gasteiger partial charge on any atom is -0.435 e. The number of benzene rings is 1. The molecule has 1 atom stereocenters. The quantitative estimate of drug-likeness (QED) is 0.901. The van der Waals surface area contributed by atoms with Crippen LogP contribution < -0.4 is 10.1 Å². The fraction of sp³-hybridized carbons (Fsp3) is 0.231. The van der Waals surface area contributed by atoms with Crippen molar-refractivity contribution >= 4 is 0 Å². The summed E-state index contributed by atoms with van der Waals surface area (Å²) in [5, 5.41) is 3.10. The molecular formula is C13H13F2N3O. The van der Waals surface area contributed by atoms with Crippen molar-refractivity contribution < 1.29 is 13.5 Å². The van der Waals surface area contributed by atoms with Crippen molar-refractivity contribution in [2.45, 2.75) is 12.7 Å². The maximum atomic E-state index is 12.1. The molecule has 0 spiro atoms. The van der Waals surface area contributed by atoms with Crippen molar-refractivity contribution in [2.75, 3.05) is 7.05 Å². The lowest BCUT2D eigenvalue weighted by molar-refractivity contribution is -0.0498. The van der Waals surface area contributed by atoms with Crippen molar-refractivity contribution in [1.29, 1.82) is 0 Å². The van der Waals surface area contributed by atoms with Gasteiger partial charge in [0, 0.05) is 12.4 Å². The van der Waals surface area contributed by atoms with Gasteiger partial charge in [-0.1, -0.05) is 12.1 Å². The molecule has 0 saturated heterocycles. The van der Waals surface area contributed by atoms with Crippen molar-refractivity contribution in [3.05, 3.63) is 54.1 Å². The third-order valence-electron chi connectivity index (χ3n) is 2.61. The van der Waals surface area contributed by atoms with Crippen molar-refractivity contribution in [1.82, 2.24) is 15.3 Å². The van der Waals surface area contributed by atoms with E-state index in [4.69, 9.17) is 0 Å². The standard InChI is InChI=1S/C13H13F2N3O/c1-16-12(11-8-17-6-7-18-11)9-2-4-10(5-3-9)19-13(14)15/h2-8,12-13,16H,1H3. The number of halogens is 2. The number of hydrogen-bond donors (Lipinski definition) is 1. The first kappa shape index (κ1) is 13.4. The summed E-state index contributed by atoms with van der Waals surface area (Å²) in [6, 6.07) is 6.29. The molecule has 0 radical (unpaired) electrons. The van der Waals surface area contributed by atoms with Crippen molar-refractivity contribution in [2.24, 2.45) is 0 Å². The average molecular weight is 265 g/mol. The molecule has 0 amide bonds. The molecule has 0 fully saturated rings. The van der Waals surface area contributed by atoms with E-state index in [2.05, 4.69) is 20.0 Å². The second-order valence-electron chi connectivity index (χ2n) is 3.80. The van der Waals surface area contributed by atoms with Gasteiger partial charge in [0.2, 0.25) is 0 Å². The minimum atomic E-state index is -2.81. The zero-order valence-electron chi connectivity index (χ0n) is 10.3. The summed E-state index contributed by atoms with van der Waals surface area (Å²) in [7, 11) is 1.79. The van der Waals surface area contributed by atoms with Crippen LogP contribution >= 0.6 is 0 Å². The predicted molar refractivity (Wildman–Crippen MR) is 66.0 cm³/mol. The van der Waals surface area contributed by atoms with E-state index in [9.17, 15) is 8.78 Å². The Morgan fingerprint density at radius 1 is 1.16 bits per heavy atom. The molecule has 0 saturated carbocycles. The van der Waals surface area contributed by atoms with E-state index in [1.54, 1.807) is 37.8 Å². The Bertz CT molecular complexity index is 505. The summed E-state index contributed by atoms with van der Waals surface area (Å²) in [5.41, 5.74) is 1.65. The summed E-state index contributed by atoms with van der Waals surface area (Å²) in [6.07, 6.45) is 4.86. The molecule has 0 aliphatic carbocycles. The van der Waals surface area contributed by atoms with Crippen LogP contribution in [0.5, 0.6) is 5.75 Å². The molecule has 1 unspecified atom stereocenters. The average Bonchev–Trinajstić information content (AvgIpc) is 2.42. The van der Waals surface area contributed by atoms with Gasteiger partial charge in [0.1, 0.15) is 5.75 Å². The Hall–Kier alpha value is -2.08. The van der Waals surface area contributed by atoms with E-state index < -0.39 is 6.61 Å². The molecule has 0 bridgehead atoms. The van der Waals surface area contributed by atoms with Crippen LogP contribution in [0.4, 0.5) is 8.78 Å². The van der Waals surface area contributed by atoms with Crippen LogP contribution in [0.1, 0.15) is 17.3 Å². The number of rotatable bonds is 5. The summed E-state index contributed by atoms with van der Waals surface area (Å²) in [5.74, 6) is 0.132. The Kier molecular flexibility index (Phi) is 4.35. The highest BCUT2D eigenvalue weighted by molar-refractivity contribution is 5.32. The first-order chi connectivity index (χ1) is 9.20. The van der Waals surface area contributed by atoms with Gasteiger partial charge in [-0.05, 0) is 24.7 Å². The van der Waals surface area contributed by atoms with Crippen LogP contribution in [0.15, 0.2) is 42.9 Å². The predicted octanol–water partition coefficient (Wildman–Crippen LogP) is 2.39. The second kappa shape index (κ2) is 6.19. The number of hydrogen-bond acceptors (Lipinski definition) is 4. The monoisotopic (exact) mass is 265 g/mol. The number of nitrogens with zero attached hydrogens (tertiary/aromatic N) is 2. The van der Waals surface area contributed by atoms with E-state index in [1.807, 2.05) is 0 Å². The Morgan fingerprint density at radius 3 is 2.42 bits per heavy atom. The van der Waals surface area contributed by atoms with Crippen molar-refractivity contribution in [3.63, 3.8) is 0 Å². The van der Waals surface area contributed by atoms with Crippen LogP contribution in [0.2, 0.25) is 0 Å². The van der Waals surface area contributed by atoms with Gasteiger partial charge in [-0.15, -0.1) is 0 Å². The highest BCUT2D eigenvalue weighted by Crippen LogP contribution is 2.22. The fourth-order valence-electron chi connectivity index (χ4n) is 1.79. The van der Waals surface area contributed by atoms with Gasteiger partial charge >= 0.3 is 6.61 Å². The molecular weight excluding hydrogens is 252 g/mol. The minimum absolute atomic E-state index is 0.132. The molecule has 2 rings (SSSR count). The SMILES string of the molecule is CNC(c1ccc(OC(F)F)cc1)c1cnccn1. The van der Waals surface area contributed by atoms with Gasteiger partial charge in [-0.2, -0.15) is 8.78 Å². The summed E-state index contributed by atoms with van der Waals surface area (Å²) < 4.78 is 28.4. The Morgan fingerprint density at radius 2 is 1.89 bits per heavy atom. The summed E-state index contributed by atoms with van der Waals surface area (Å²) in [4.78, 5) is 8.23. The van der Waals surface area contributed by atoms with E-state index >= 15 is 0 Å². The largest absolute Gasteiger partial charge is 0.435 e. The maximum absolute atomic E-state index is 12.1. The molecule has 2 aromatic rings. The lowest BCUT2D eigenvalue weighted by Gasteiger charge is -2.16. The van der Waals surface area contributed by atoms with Gasteiger partial charge in [0.15, 0.2) is 0 Å². The summed E-state index contributed by atoms with van der Waals surface area (Å²) in [6.45, 7) is -2.81. The van der Waals surface area contributed by atoms with E-state index in [0.717, 1.165) is 11.3 Å². The van der Waals surface area contributed by atoms with Gasteiger partial charge in [0.05, 0.1) is 17.9 Å². The first-order valence-electron chi connectivity index (χ1n) is 5.68. The zero-order chi connectivity index (χ0) is 13.7. The Labute approximate surface area is 109 Å². The zero-order valence-corrected chi connectivity index (χ0v) is 10.3. The molecule has 0 aliphatic rings. The van der Waals surface area contributed by atoms with Gasteiger partial charge in [0.25, 0.3) is 0 Å². The van der Waals surface area contributed by atoms with Gasteiger partial charge < -0.3 is 10.1 Å². The molecule has 4 nitrogen and oxygen atoms in total. The van der Waals surface area contributed by atoms with E-state index in [0.29, 0.717) is 0 Å². The molecule has 19 heavy (non-hydrogen) atoms. The highest BCUT2D eigenvalue weighted by atomic mass is 19.3. The van der Waals surface area contributed by atoms with Crippen LogP contribution in [0, 0.1) is 0 Å². The smallest absolute Gasteiger partial charge is 0.387 e. The molecule has 100 valence electrons. The molecule has 1 heterocycles. The van der Waals surface area contributed by atoms with Crippen LogP contribution in [0.3, 0.4) is 0 Å². The number of nitrogens with one attached hydrogen (secondary N) is 1. The van der Waals surface area contributed by atoms with E-state index in [-0.39, 0.29) is 11.8 Å². The van der Waals surface area contributed by atoms with Crippen LogP contribution in [-0.4, -0.2) is 23.6 Å². The van der Waals surface area contributed by atoms with Crippen LogP contribution in [0.25, 0.3) is 0 Å². The first-order valence-corrected chi connectivity index (χ1v) is 5.68.